The zero-order valence-corrected chi connectivity index (χ0v) is 9.76. The van der Waals surface area contributed by atoms with E-state index in [9.17, 15) is 0 Å². The van der Waals surface area contributed by atoms with Crippen LogP contribution in [0.1, 0.15) is 30.0 Å². The van der Waals surface area contributed by atoms with Crippen LogP contribution >= 0.6 is 0 Å². The number of anilines is 1. The topological polar surface area (TPSA) is 108 Å². The second-order valence-electron chi connectivity index (χ2n) is 3.68. The molecule has 0 bridgehead atoms. The average Bonchev–Trinajstić information content (AvgIpc) is 2.88. The number of aryl methyl sites for hydroxylation is 2. The van der Waals surface area contributed by atoms with Gasteiger partial charge in [-0.3, -0.25) is 4.68 Å². The molecule has 0 aliphatic rings. The predicted molar refractivity (Wildman–Crippen MR) is 58.9 cm³/mol. The number of rotatable bonds is 3. The summed E-state index contributed by atoms with van der Waals surface area (Å²) in [6, 6.07) is 1.97. The van der Waals surface area contributed by atoms with E-state index >= 15 is 0 Å². The molecular weight excluding hydrogens is 220 g/mol. The van der Waals surface area contributed by atoms with Gasteiger partial charge < -0.3 is 5.32 Å². The van der Waals surface area contributed by atoms with Gasteiger partial charge in [-0.1, -0.05) is 5.21 Å². The molecule has 2 N–H and O–H groups in total. The lowest BCUT2D eigenvalue weighted by atomic mass is 10.2. The summed E-state index contributed by atoms with van der Waals surface area (Å²) in [4.78, 5) is 0. The minimum absolute atomic E-state index is 0.157. The lowest BCUT2D eigenvalue weighted by molar-refractivity contribution is 0.726. The highest BCUT2D eigenvalue weighted by Crippen LogP contribution is 2.21. The number of aromatic nitrogens is 6. The van der Waals surface area contributed by atoms with Crippen LogP contribution in [0.25, 0.3) is 0 Å². The highest BCUT2D eigenvalue weighted by molar-refractivity contribution is 5.55. The van der Waals surface area contributed by atoms with E-state index in [1.54, 1.807) is 18.7 Å². The fourth-order valence-electron chi connectivity index (χ4n) is 1.58. The summed E-state index contributed by atoms with van der Waals surface area (Å²) in [5.41, 5.74) is 1.22. The Morgan fingerprint density at radius 2 is 2.29 bits per heavy atom. The number of nitriles is 1. The maximum Gasteiger partial charge on any atom is 0.196 e. The molecule has 2 aromatic rings. The standard InChI is InChI=1S/C9H12N8/c1-5-7(4-10)9(17(3)14-5)11-6(2)8-12-15-16-13-8/h6,11H,1-3H3,(H,12,13,15,16). The van der Waals surface area contributed by atoms with E-state index in [-0.39, 0.29) is 6.04 Å². The smallest absolute Gasteiger partial charge is 0.196 e. The van der Waals surface area contributed by atoms with Crippen LogP contribution in [-0.2, 0) is 7.05 Å². The van der Waals surface area contributed by atoms with Crippen molar-refractivity contribution in [1.29, 1.82) is 5.26 Å². The van der Waals surface area contributed by atoms with Crippen molar-refractivity contribution in [2.24, 2.45) is 7.05 Å². The van der Waals surface area contributed by atoms with Crippen molar-refractivity contribution in [2.45, 2.75) is 19.9 Å². The van der Waals surface area contributed by atoms with Gasteiger partial charge in [0.2, 0.25) is 0 Å². The first kappa shape index (κ1) is 11.1. The van der Waals surface area contributed by atoms with Crippen LogP contribution in [0, 0.1) is 18.3 Å². The van der Waals surface area contributed by atoms with Crippen LogP contribution in [0.15, 0.2) is 0 Å². The molecule has 0 saturated carbocycles. The largest absolute Gasteiger partial charge is 0.359 e. The zero-order valence-electron chi connectivity index (χ0n) is 9.76. The Balaban J connectivity index is 2.28. The van der Waals surface area contributed by atoms with Gasteiger partial charge in [0.1, 0.15) is 17.5 Å². The zero-order chi connectivity index (χ0) is 12.4. The lowest BCUT2D eigenvalue weighted by Gasteiger charge is -2.11. The van der Waals surface area contributed by atoms with Crippen molar-refractivity contribution < 1.29 is 0 Å². The molecule has 0 fully saturated rings. The van der Waals surface area contributed by atoms with Gasteiger partial charge in [-0.25, -0.2) is 0 Å². The molecule has 1 unspecified atom stereocenters. The van der Waals surface area contributed by atoms with Crippen molar-refractivity contribution in [3.05, 3.63) is 17.1 Å². The Labute approximate surface area is 97.6 Å². The first-order valence-corrected chi connectivity index (χ1v) is 5.07. The van der Waals surface area contributed by atoms with Crippen molar-refractivity contribution in [2.75, 3.05) is 5.32 Å². The first-order chi connectivity index (χ1) is 8.13. The third kappa shape index (κ3) is 1.94. The molecule has 0 spiro atoms. The van der Waals surface area contributed by atoms with Gasteiger partial charge in [-0.15, -0.1) is 10.2 Å². The Morgan fingerprint density at radius 1 is 1.53 bits per heavy atom. The Hall–Kier alpha value is -2.43. The monoisotopic (exact) mass is 232 g/mol. The van der Waals surface area contributed by atoms with Gasteiger partial charge in [0, 0.05) is 7.05 Å². The lowest BCUT2D eigenvalue weighted by Crippen LogP contribution is -2.12. The maximum absolute atomic E-state index is 9.06. The fraction of sp³-hybridized carbons (Fsp3) is 0.444. The molecule has 8 heteroatoms. The number of nitrogens with zero attached hydrogens (tertiary/aromatic N) is 6. The molecule has 0 radical (unpaired) electrons. The SMILES string of the molecule is Cc1nn(C)c(NC(C)c2nn[nH]n2)c1C#N. The molecule has 88 valence electrons. The van der Waals surface area contributed by atoms with Crippen molar-refractivity contribution in [1.82, 2.24) is 30.4 Å². The molecule has 8 nitrogen and oxygen atoms in total. The number of hydrogen-bond donors (Lipinski definition) is 2. The second kappa shape index (κ2) is 4.21. The Kier molecular flexibility index (Phi) is 2.74. The van der Waals surface area contributed by atoms with E-state index in [4.69, 9.17) is 5.26 Å². The first-order valence-electron chi connectivity index (χ1n) is 5.07. The molecule has 2 heterocycles. The molecule has 1 atom stereocenters. The minimum Gasteiger partial charge on any atom is -0.359 e. The molecule has 0 aromatic carbocycles. The normalized spacial score (nSPS) is 12.1. The number of nitrogens with one attached hydrogen (secondary N) is 2. The summed E-state index contributed by atoms with van der Waals surface area (Å²) < 4.78 is 1.63. The fourth-order valence-corrected chi connectivity index (χ4v) is 1.58. The molecule has 0 amide bonds. The second-order valence-corrected chi connectivity index (χ2v) is 3.68. The molecule has 2 rings (SSSR count). The minimum atomic E-state index is -0.157. The van der Waals surface area contributed by atoms with Crippen LogP contribution in [0.4, 0.5) is 5.82 Å². The third-order valence-electron chi connectivity index (χ3n) is 2.44. The predicted octanol–water partition coefficient (Wildman–Crippen LogP) is 0.286. The molecule has 17 heavy (non-hydrogen) atoms. The summed E-state index contributed by atoms with van der Waals surface area (Å²) in [5, 5.41) is 30.0. The van der Waals surface area contributed by atoms with E-state index in [1.807, 2.05) is 6.92 Å². The summed E-state index contributed by atoms with van der Waals surface area (Å²) in [6.07, 6.45) is 0. The quantitative estimate of drug-likeness (QED) is 0.787. The number of hydrogen-bond acceptors (Lipinski definition) is 6. The van der Waals surface area contributed by atoms with Gasteiger partial charge in [0.15, 0.2) is 5.82 Å². The van der Waals surface area contributed by atoms with Gasteiger partial charge >= 0.3 is 0 Å². The van der Waals surface area contributed by atoms with Crippen LogP contribution in [0.2, 0.25) is 0 Å². The molecule has 0 saturated heterocycles. The summed E-state index contributed by atoms with van der Waals surface area (Å²) in [7, 11) is 1.78. The van der Waals surface area contributed by atoms with E-state index in [0.29, 0.717) is 22.9 Å². The third-order valence-corrected chi connectivity index (χ3v) is 2.44. The molecule has 2 aromatic heterocycles. The van der Waals surface area contributed by atoms with Gasteiger partial charge in [-0.2, -0.15) is 15.6 Å². The van der Waals surface area contributed by atoms with Crippen LogP contribution < -0.4 is 5.32 Å². The molecule has 0 aliphatic heterocycles. The van der Waals surface area contributed by atoms with E-state index in [2.05, 4.69) is 37.1 Å². The van der Waals surface area contributed by atoms with Gasteiger partial charge in [0.25, 0.3) is 0 Å². The highest BCUT2D eigenvalue weighted by Gasteiger charge is 2.17. The van der Waals surface area contributed by atoms with Crippen LogP contribution in [0.5, 0.6) is 0 Å². The van der Waals surface area contributed by atoms with Crippen LogP contribution in [-0.4, -0.2) is 30.4 Å². The Morgan fingerprint density at radius 3 is 2.88 bits per heavy atom. The van der Waals surface area contributed by atoms with Crippen molar-refractivity contribution >= 4 is 5.82 Å². The van der Waals surface area contributed by atoms with Gasteiger partial charge in [-0.05, 0) is 13.8 Å². The van der Waals surface area contributed by atoms with E-state index in [0.717, 1.165) is 0 Å². The average molecular weight is 232 g/mol. The van der Waals surface area contributed by atoms with E-state index in [1.165, 1.54) is 0 Å². The summed E-state index contributed by atoms with van der Waals surface area (Å²) in [5.74, 6) is 1.19. The van der Waals surface area contributed by atoms with E-state index < -0.39 is 0 Å². The summed E-state index contributed by atoms with van der Waals surface area (Å²) >= 11 is 0. The molecular formula is C9H12N8. The van der Waals surface area contributed by atoms with Crippen LogP contribution in [0.3, 0.4) is 0 Å². The number of H-pyrrole nitrogens is 1. The number of tetrazole rings is 1. The Bertz CT molecular complexity index is 546. The number of aromatic amines is 1. The maximum atomic E-state index is 9.06. The van der Waals surface area contributed by atoms with Gasteiger partial charge in [0.05, 0.1) is 11.7 Å². The highest BCUT2D eigenvalue weighted by atomic mass is 15.5. The van der Waals surface area contributed by atoms with Crippen molar-refractivity contribution in [3.63, 3.8) is 0 Å². The summed E-state index contributed by atoms with van der Waals surface area (Å²) in [6.45, 7) is 3.68. The van der Waals surface area contributed by atoms with Crippen molar-refractivity contribution in [3.8, 4) is 6.07 Å². The molecule has 0 aliphatic carbocycles.